The topological polar surface area (TPSA) is 45.2 Å². The Hall–Kier alpha value is -3.05. The predicted octanol–water partition coefficient (Wildman–Crippen LogP) is 5.24. The summed E-state index contributed by atoms with van der Waals surface area (Å²) in [6.45, 7) is 2.56. The van der Waals surface area contributed by atoms with Crippen LogP contribution in [0.4, 0.5) is 10.1 Å². The van der Waals surface area contributed by atoms with Crippen molar-refractivity contribution in [3.8, 4) is 0 Å². The molecule has 0 radical (unpaired) electrons. The number of aromatic nitrogens is 1. The zero-order valence-corrected chi connectivity index (χ0v) is 18.5. The Labute approximate surface area is 189 Å². The van der Waals surface area contributed by atoms with Gasteiger partial charge in [0.25, 0.3) is 0 Å². The van der Waals surface area contributed by atoms with Crippen molar-refractivity contribution in [3.63, 3.8) is 0 Å². The number of hydrogen-bond donors (Lipinski definition) is 1. The van der Waals surface area contributed by atoms with E-state index in [0.29, 0.717) is 24.9 Å². The Kier molecular flexibility index (Phi) is 6.96. The minimum Gasteiger partial charge on any atom is -0.314 e. The number of carbonyl (C=O) groups is 1. The van der Waals surface area contributed by atoms with Crippen LogP contribution in [0.5, 0.6) is 0 Å². The summed E-state index contributed by atoms with van der Waals surface area (Å²) in [4.78, 5) is 19.7. The van der Waals surface area contributed by atoms with Crippen LogP contribution in [0.2, 0.25) is 0 Å². The van der Waals surface area contributed by atoms with Crippen LogP contribution >= 0.6 is 0 Å². The monoisotopic (exact) mass is 431 g/mol. The lowest BCUT2D eigenvalue weighted by Gasteiger charge is -2.48. The second kappa shape index (κ2) is 10.0. The number of nitrogens with zero attached hydrogens (tertiary/aromatic N) is 2. The Morgan fingerprint density at radius 3 is 2.56 bits per heavy atom. The Balaban J connectivity index is 1.73. The molecule has 1 amide bonds. The quantitative estimate of drug-likeness (QED) is 0.556. The highest BCUT2D eigenvalue weighted by molar-refractivity contribution is 5.95. The van der Waals surface area contributed by atoms with E-state index in [1.54, 1.807) is 29.3 Å². The summed E-state index contributed by atoms with van der Waals surface area (Å²) in [6.07, 6.45) is 5.28. The van der Waals surface area contributed by atoms with Gasteiger partial charge in [0.2, 0.25) is 5.91 Å². The highest BCUT2D eigenvalue weighted by Crippen LogP contribution is 2.42. The van der Waals surface area contributed by atoms with Crippen molar-refractivity contribution in [2.75, 3.05) is 11.4 Å². The summed E-state index contributed by atoms with van der Waals surface area (Å²) in [5.74, 6) is -0.478. The summed E-state index contributed by atoms with van der Waals surface area (Å²) in [7, 11) is 0. The first-order valence-corrected chi connectivity index (χ1v) is 11.4. The van der Waals surface area contributed by atoms with E-state index in [-0.39, 0.29) is 17.8 Å². The average Bonchev–Trinajstić information content (AvgIpc) is 2.85. The minimum atomic E-state index is -0.705. The van der Waals surface area contributed by atoms with Crippen LogP contribution in [0.1, 0.15) is 43.9 Å². The molecule has 1 N–H and O–H groups in total. The number of benzene rings is 2. The van der Waals surface area contributed by atoms with E-state index >= 15 is 4.39 Å². The molecule has 1 aliphatic rings. The van der Waals surface area contributed by atoms with Crippen LogP contribution in [0.15, 0.2) is 79.0 Å². The summed E-state index contributed by atoms with van der Waals surface area (Å²) in [6, 6.07) is 23.0. The number of pyridine rings is 1. The van der Waals surface area contributed by atoms with Crippen molar-refractivity contribution in [2.24, 2.45) is 0 Å². The van der Waals surface area contributed by atoms with Crippen LogP contribution < -0.4 is 10.2 Å². The Morgan fingerprint density at radius 1 is 1.09 bits per heavy atom. The highest BCUT2D eigenvalue weighted by Gasteiger charge is 2.47. The molecule has 2 aromatic carbocycles. The first kappa shape index (κ1) is 22.2. The summed E-state index contributed by atoms with van der Waals surface area (Å²) in [5, 5.41) is 3.63. The van der Waals surface area contributed by atoms with Gasteiger partial charge in [0.05, 0.1) is 16.9 Å². The van der Waals surface area contributed by atoms with E-state index in [1.165, 1.54) is 11.6 Å². The lowest BCUT2D eigenvalue weighted by molar-refractivity contribution is -0.120. The van der Waals surface area contributed by atoms with Crippen LogP contribution in [-0.2, 0) is 16.8 Å². The van der Waals surface area contributed by atoms with Crippen molar-refractivity contribution in [1.29, 1.82) is 0 Å². The molecule has 0 saturated carbocycles. The van der Waals surface area contributed by atoms with Crippen molar-refractivity contribution < 1.29 is 9.18 Å². The summed E-state index contributed by atoms with van der Waals surface area (Å²) >= 11 is 0. The number of anilines is 1. The minimum absolute atomic E-state index is 0.0931. The van der Waals surface area contributed by atoms with Gasteiger partial charge in [-0.2, -0.15) is 0 Å². The fourth-order valence-corrected chi connectivity index (χ4v) is 4.84. The normalized spacial score (nSPS) is 20.6. The molecule has 1 saturated heterocycles. The third-order valence-electron chi connectivity index (χ3n) is 6.39. The van der Waals surface area contributed by atoms with Crippen LogP contribution in [0, 0.1) is 5.82 Å². The third kappa shape index (κ3) is 4.58. The van der Waals surface area contributed by atoms with E-state index in [9.17, 15) is 4.79 Å². The first-order valence-electron chi connectivity index (χ1n) is 11.4. The number of piperidine rings is 1. The molecule has 4 rings (SSSR count). The van der Waals surface area contributed by atoms with Gasteiger partial charge in [-0.05, 0) is 62.1 Å². The SMILES string of the molecule is CCC(=O)N(c1ccccc1F)C1(c2ccccn2)CCNC(CCc2ccccc2)C1. The molecule has 0 aliphatic carbocycles. The maximum Gasteiger partial charge on any atom is 0.227 e. The Bertz CT molecular complexity index is 1030. The summed E-state index contributed by atoms with van der Waals surface area (Å²) < 4.78 is 15.0. The van der Waals surface area contributed by atoms with E-state index in [0.717, 1.165) is 25.1 Å². The fourth-order valence-electron chi connectivity index (χ4n) is 4.84. The molecule has 2 atom stereocenters. The average molecular weight is 432 g/mol. The van der Waals surface area contributed by atoms with E-state index in [1.807, 2.05) is 31.2 Å². The highest BCUT2D eigenvalue weighted by atomic mass is 19.1. The predicted molar refractivity (Wildman–Crippen MR) is 126 cm³/mol. The van der Waals surface area contributed by atoms with Crippen molar-refractivity contribution >= 4 is 11.6 Å². The maximum absolute atomic E-state index is 15.0. The van der Waals surface area contributed by atoms with Gasteiger partial charge in [-0.1, -0.05) is 55.5 Å². The van der Waals surface area contributed by atoms with E-state index in [4.69, 9.17) is 0 Å². The number of nitrogens with one attached hydrogen (secondary N) is 1. The van der Waals surface area contributed by atoms with Crippen molar-refractivity contribution in [1.82, 2.24) is 10.3 Å². The molecule has 5 heteroatoms. The fraction of sp³-hybridized carbons (Fsp3) is 0.333. The third-order valence-corrected chi connectivity index (χ3v) is 6.39. The van der Waals surface area contributed by atoms with Gasteiger partial charge in [0.15, 0.2) is 0 Å². The van der Waals surface area contributed by atoms with Crippen LogP contribution in [-0.4, -0.2) is 23.5 Å². The van der Waals surface area contributed by atoms with Gasteiger partial charge >= 0.3 is 0 Å². The molecule has 4 nitrogen and oxygen atoms in total. The van der Waals surface area contributed by atoms with Gasteiger partial charge in [-0.15, -0.1) is 0 Å². The van der Waals surface area contributed by atoms with E-state index in [2.05, 4.69) is 34.6 Å². The van der Waals surface area contributed by atoms with Crippen molar-refractivity contribution in [2.45, 2.75) is 50.6 Å². The molecule has 1 fully saturated rings. The molecule has 3 aromatic rings. The molecule has 0 spiro atoms. The second-order valence-corrected chi connectivity index (χ2v) is 8.41. The van der Waals surface area contributed by atoms with Gasteiger partial charge in [-0.3, -0.25) is 14.7 Å². The van der Waals surface area contributed by atoms with Crippen LogP contribution in [0.3, 0.4) is 0 Å². The zero-order valence-electron chi connectivity index (χ0n) is 18.5. The molecular weight excluding hydrogens is 401 g/mol. The van der Waals surface area contributed by atoms with Crippen molar-refractivity contribution in [3.05, 3.63) is 96.1 Å². The smallest absolute Gasteiger partial charge is 0.227 e. The number of hydrogen-bond acceptors (Lipinski definition) is 3. The standard InChI is InChI=1S/C27H30FN3O/c1-2-26(32)31(24-13-7-6-12-23(24)28)27(25-14-8-9-18-30-25)17-19-29-22(20-27)16-15-21-10-4-3-5-11-21/h3-14,18,22,29H,2,15-17,19-20H2,1H3. The number of halogens is 1. The second-order valence-electron chi connectivity index (χ2n) is 8.41. The van der Waals surface area contributed by atoms with Gasteiger partial charge < -0.3 is 5.32 Å². The Morgan fingerprint density at radius 2 is 1.84 bits per heavy atom. The zero-order chi connectivity index (χ0) is 22.4. The van der Waals surface area contributed by atoms with Gasteiger partial charge in [0.1, 0.15) is 5.82 Å². The molecular formula is C27H30FN3O. The molecule has 1 aromatic heterocycles. The molecule has 166 valence electrons. The maximum atomic E-state index is 15.0. The molecule has 0 bridgehead atoms. The first-order chi connectivity index (χ1) is 15.6. The molecule has 32 heavy (non-hydrogen) atoms. The summed E-state index contributed by atoms with van der Waals surface area (Å²) in [5.41, 5.74) is 1.73. The van der Waals surface area contributed by atoms with Gasteiger partial charge in [0, 0.05) is 18.7 Å². The number of carbonyl (C=O) groups excluding carboxylic acids is 1. The lowest BCUT2D eigenvalue weighted by atomic mass is 9.77. The molecule has 2 unspecified atom stereocenters. The number of rotatable bonds is 7. The molecule has 1 aliphatic heterocycles. The molecule has 2 heterocycles. The van der Waals surface area contributed by atoms with Crippen LogP contribution in [0.25, 0.3) is 0 Å². The van der Waals surface area contributed by atoms with Gasteiger partial charge in [-0.25, -0.2) is 4.39 Å². The number of para-hydroxylation sites is 1. The number of amides is 1. The lowest BCUT2D eigenvalue weighted by Crippen LogP contribution is -2.58. The number of aryl methyl sites for hydroxylation is 1. The van der Waals surface area contributed by atoms with E-state index < -0.39 is 5.54 Å². The largest absolute Gasteiger partial charge is 0.314 e.